The molecule has 1 aromatic carbocycles. The largest absolute Gasteiger partial charge is 0.462 e. The van der Waals surface area contributed by atoms with Crippen LogP contribution in [-0.4, -0.2) is 12.6 Å². The summed E-state index contributed by atoms with van der Waals surface area (Å²) >= 11 is 0. The molecule has 2 nitrogen and oxygen atoms in total. The first-order chi connectivity index (χ1) is 8.70. The molecule has 0 radical (unpaired) electrons. The monoisotopic (exact) mass is 248 g/mol. The molecule has 0 spiro atoms. The number of ether oxygens (including phenoxy) is 1. The van der Waals surface area contributed by atoms with Gasteiger partial charge in [0, 0.05) is 0 Å². The van der Waals surface area contributed by atoms with Gasteiger partial charge in [-0.25, -0.2) is 4.79 Å². The number of rotatable bonds is 8. The van der Waals surface area contributed by atoms with Gasteiger partial charge in [-0.05, 0) is 24.5 Å². The van der Waals surface area contributed by atoms with Gasteiger partial charge in [-0.1, -0.05) is 57.7 Å². The van der Waals surface area contributed by atoms with Crippen LogP contribution in [0.4, 0.5) is 0 Å². The van der Waals surface area contributed by atoms with Crippen molar-refractivity contribution in [3.8, 4) is 0 Å². The minimum atomic E-state index is -0.210. The zero-order valence-corrected chi connectivity index (χ0v) is 11.5. The fourth-order valence-electron chi connectivity index (χ4n) is 1.83. The van der Waals surface area contributed by atoms with Crippen LogP contribution in [0, 0.1) is 5.92 Å². The van der Waals surface area contributed by atoms with Crippen LogP contribution in [0.2, 0.25) is 0 Å². The highest BCUT2D eigenvalue weighted by molar-refractivity contribution is 5.89. The summed E-state index contributed by atoms with van der Waals surface area (Å²) < 4.78 is 5.22. The summed E-state index contributed by atoms with van der Waals surface area (Å²) in [4.78, 5) is 11.6. The summed E-state index contributed by atoms with van der Waals surface area (Å²) in [6.45, 7) is 5.04. The van der Waals surface area contributed by atoms with Crippen LogP contribution in [0.25, 0.3) is 0 Å². The van der Waals surface area contributed by atoms with Crippen molar-refractivity contribution in [2.45, 2.75) is 46.0 Å². The van der Waals surface area contributed by atoms with Gasteiger partial charge in [0.15, 0.2) is 0 Å². The third-order valence-electron chi connectivity index (χ3n) is 2.92. The van der Waals surface area contributed by atoms with Gasteiger partial charge < -0.3 is 4.74 Å². The highest BCUT2D eigenvalue weighted by Gasteiger charge is 2.04. The number of carbonyl (C=O) groups is 1. The molecule has 0 aliphatic heterocycles. The van der Waals surface area contributed by atoms with E-state index in [1.165, 1.54) is 19.3 Å². The summed E-state index contributed by atoms with van der Waals surface area (Å²) in [6.07, 6.45) is 5.93. The molecule has 2 heteroatoms. The molecule has 0 fully saturated rings. The summed E-state index contributed by atoms with van der Waals surface area (Å²) in [7, 11) is 0. The zero-order chi connectivity index (χ0) is 13.2. The van der Waals surface area contributed by atoms with Crippen molar-refractivity contribution in [1.29, 1.82) is 0 Å². The van der Waals surface area contributed by atoms with Gasteiger partial charge in [0.1, 0.15) is 0 Å². The van der Waals surface area contributed by atoms with Crippen molar-refractivity contribution < 1.29 is 9.53 Å². The Balaban J connectivity index is 2.03. The van der Waals surface area contributed by atoms with E-state index in [1.807, 2.05) is 18.2 Å². The van der Waals surface area contributed by atoms with E-state index in [9.17, 15) is 4.79 Å². The maximum atomic E-state index is 11.6. The van der Waals surface area contributed by atoms with Gasteiger partial charge in [0.05, 0.1) is 12.2 Å². The van der Waals surface area contributed by atoms with E-state index in [0.29, 0.717) is 12.2 Å². The van der Waals surface area contributed by atoms with Crippen LogP contribution in [-0.2, 0) is 4.74 Å². The molecule has 1 aromatic rings. The normalized spacial score (nSPS) is 10.6. The summed E-state index contributed by atoms with van der Waals surface area (Å²) in [6, 6.07) is 9.16. The maximum absolute atomic E-state index is 11.6. The number of unbranched alkanes of at least 4 members (excludes halogenated alkanes) is 3. The number of hydrogen-bond donors (Lipinski definition) is 0. The maximum Gasteiger partial charge on any atom is 0.338 e. The van der Waals surface area contributed by atoms with Gasteiger partial charge >= 0.3 is 5.97 Å². The molecule has 0 aromatic heterocycles. The summed E-state index contributed by atoms with van der Waals surface area (Å²) in [5.41, 5.74) is 0.636. The van der Waals surface area contributed by atoms with Gasteiger partial charge in [-0.2, -0.15) is 0 Å². The van der Waals surface area contributed by atoms with Gasteiger partial charge in [0.25, 0.3) is 0 Å². The molecule has 0 amide bonds. The van der Waals surface area contributed by atoms with E-state index in [4.69, 9.17) is 4.74 Å². The summed E-state index contributed by atoms with van der Waals surface area (Å²) in [5.74, 6) is 0.582. The van der Waals surface area contributed by atoms with Crippen molar-refractivity contribution in [2.24, 2.45) is 5.92 Å². The van der Waals surface area contributed by atoms with Crippen molar-refractivity contribution >= 4 is 5.97 Å². The fourth-order valence-corrected chi connectivity index (χ4v) is 1.83. The van der Waals surface area contributed by atoms with Crippen molar-refractivity contribution in [3.05, 3.63) is 35.9 Å². The SMILES string of the molecule is CC(C)CCCCCCOC(=O)c1ccccc1. The Kier molecular flexibility index (Phi) is 7.16. The van der Waals surface area contributed by atoms with E-state index in [2.05, 4.69) is 13.8 Å². The Morgan fingerprint density at radius 2 is 1.72 bits per heavy atom. The molecule has 0 saturated carbocycles. The summed E-state index contributed by atoms with van der Waals surface area (Å²) in [5, 5.41) is 0. The molecule has 1 rings (SSSR count). The predicted octanol–water partition coefficient (Wildman–Crippen LogP) is 4.45. The quantitative estimate of drug-likeness (QED) is 0.502. The standard InChI is InChI=1S/C16H24O2/c1-14(2)10-6-3-4-9-13-18-16(17)15-11-7-5-8-12-15/h5,7-8,11-12,14H,3-4,6,9-10,13H2,1-2H3. The number of esters is 1. The smallest absolute Gasteiger partial charge is 0.338 e. The van der Waals surface area contributed by atoms with Crippen molar-refractivity contribution in [3.63, 3.8) is 0 Å². The van der Waals surface area contributed by atoms with E-state index in [0.717, 1.165) is 18.8 Å². The lowest BCUT2D eigenvalue weighted by Crippen LogP contribution is -2.06. The highest BCUT2D eigenvalue weighted by Crippen LogP contribution is 2.09. The first kappa shape index (κ1) is 14.7. The lowest BCUT2D eigenvalue weighted by atomic mass is 10.0. The molecule has 0 saturated heterocycles. The first-order valence-corrected chi connectivity index (χ1v) is 6.92. The minimum absolute atomic E-state index is 0.210. The average Bonchev–Trinajstić information content (AvgIpc) is 2.38. The molecule has 0 unspecified atom stereocenters. The molecule has 100 valence electrons. The molecular formula is C16H24O2. The molecule has 18 heavy (non-hydrogen) atoms. The Bertz CT molecular complexity index is 330. The third kappa shape index (κ3) is 6.43. The van der Waals surface area contributed by atoms with E-state index in [1.54, 1.807) is 12.1 Å². The predicted molar refractivity (Wildman–Crippen MR) is 74.6 cm³/mol. The second-order valence-corrected chi connectivity index (χ2v) is 5.10. The molecule has 0 aliphatic carbocycles. The lowest BCUT2D eigenvalue weighted by molar-refractivity contribution is 0.0497. The molecule has 0 bridgehead atoms. The Morgan fingerprint density at radius 3 is 2.39 bits per heavy atom. The van der Waals surface area contributed by atoms with Crippen LogP contribution < -0.4 is 0 Å². The Labute approximate surface area is 110 Å². The van der Waals surface area contributed by atoms with Crippen LogP contribution in [0.5, 0.6) is 0 Å². The van der Waals surface area contributed by atoms with Crippen LogP contribution in [0.1, 0.15) is 56.3 Å². The third-order valence-corrected chi connectivity index (χ3v) is 2.92. The van der Waals surface area contributed by atoms with E-state index < -0.39 is 0 Å². The van der Waals surface area contributed by atoms with Crippen LogP contribution >= 0.6 is 0 Å². The number of hydrogen-bond acceptors (Lipinski definition) is 2. The minimum Gasteiger partial charge on any atom is -0.462 e. The zero-order valence-electron chi connectivity index (χ0n) is 11.5. The van der Waals surface area contributed by atoms with Crippen LogP contribution in [0.3, 0.4) is 0 Å². The Morgan fingerprint density at radius 1 is 1.06 bits per heavy atom. The molecule has 0 atom stereocenters. The molecule has 0 heterocycles. The van der Waals surface area contributed by atoms with Gasteiger partial charge in [0.2, 0.25) is 0 Å². The van der Waals surface area contributed by atoms with E-state index >= 15 is 0 Å². The number of carbonyl (C=O) groups excluding carboxylic acids is 1. The van der Waals surface area contributed by atoms with Crippen molar-refractivity contribution in [2.75, 3.05) is 6.61 Å². The topological polar surface area (TPSA) is 26.3 Å². The molecular weight excluding hydrogens is 224 g/mol. The van der Waals surface area contributed by atoms with Gasteiger partial charge in [-0.15, -0.1) is 0 Å². The molecule has 0 N–H and O–H groups in total. The second kappa shape index (κ2) is 8.73. The van der Waals surface area contributed by atoms with E-state index in [-0.39, 0.29) is 5.97 Å². The second-order valence-electron chi connectivity index (χ2n) is 5.10. The molecule has 0 aliphatic rings. The number of benzene rings is 1. The van der Waals surface area contributed by atoms with Crippen molar-refractivity contribution in [1.82, 2.24) is 0 Å². The first-order valence-electron chi connectivity index (χ1n) is 6.92. The Hall–Kier alpha value is -1.31. The van der Waals surface area contributed by atoms with Gasteiger partial charge in [-0.3, -0.25) is 0 Å². The van der Waals surface area contributed by atoms with Crippen LogP contribution in [0.15, 0.2) is 30.3 Å². The lowest BCUT2D eigenvalue weighted by Gasteiger charge is -2.06. The highest BCUT2D eigenvalue weighted by atomic mass is 16.5. The average molecular weight is 248 g/mol. The fraction of sp³-hybridized carbons (Fsp3) is 0.562.